The van der Waals surface area contributed by atoms with Crippen molar-refractivity contribution in [2.45, 2.75) is 30.7 Å². The van der Waals surface area contributed by atoms with Gasteiger partial charge < -0.3 is 10.4 Å². The van der Waals surface area contributed by atoms with Gasteiger partial charge in [-0.1, -0.05) is 13.0 Å². The van der Waals surface area contributed by atoms with Crippen molar-refractivity contribution in [2.24, 2.45) is 0 Å². The Kier molecular flexibility index (Phi) is 5.69. The number of aliphatic hydroxyl groups is 1. The van der Waals surface area contributed by atoms with E-state index < -0.39 is 15.4 Å². The maximum absolute atomic E-state index is 12.2. The Morgan fingerprint density at radius 3 is 2.70 bits per heavy atom. The van der Waals surface area contributed by atoms with E-state index in [0.717, 1.165) is 0 Å². The first-order chi connectivity index (χ1) is 9.37. The molecule has 0 aliphatic rings. The summed E-state index contributed by atoms with van der Waals surface area (Å²) < 4.78 is 24.3. The summed E-state index contributed by atoms with van der Waals surface area (Å²) in [5, 5.41) is 21.1. The van der Waals surface area contributed by atoms with Gasteiger partial charge in [-0.3, -0.25) is 0 Å². The van der Waals surface area contributed by atoms with Gasteiger partial charge in [0.2, 0.25) is 0 Å². The van der Waals surface area contributed by atoms with Crippen LogP contribution in [0.25, 0.3) is 0 Å². The first-order valence-electron chi connectivity index (χ1n) is 6.46. The molecule has 0 aliphatic heterocycles. The number of rotatable bonds is 7. The minimum Gasteiger partial charge on any atom is -0.394 e. The molecule has 0 spiro atoms. The molecule has 0 aromatic heterocycles. The Labute approximate surface area is 120 Å². The second kappa shape index (κ2) is 6.84. The van der Waals surface area contributed by atoms with Gasteiger partial charge in [0.15, 0.2) is 9.84 Å². The average molecular weight is 296 g/mol. The van der Waals surface area contributed by atoms with E-state index in [9.17, 15) is 13.5 Å². The Hall–Kier alpha value is -1.42. The second-order valence-electron chi connectivity index (χ2n) is 4.96. The Morgan fingerprint density at radius 1 is 1.45 bits per heavy atom. The number of sulfone groups is 1. The number of nitrogens with one attached hydrogen (secondary N) is 1. The van der Waals surface area contributed by atoms with Gasteiger partial charge in [0.05, 0.1) is 28.9 Å². The molecule has 20 heavy (non-hydrogen) atoms. The summed E-state index contributed by atoms with van der Waals surface area (Å²) >= 11 is 0. The van der Waals surface area contributed by atoms with Gasteiger partial charge in [0.1, 0.15) is 0 Å². The van der Waals surface area contributed by atoms with E-state index in [-0.39, 0.29) is 23.8 Å². The molecule has 1 aromatic carbocycles. The van der Waals surface area contributed by atoms with Gasteiger partial charge in [0.25, 0.3) is 0 Å². The number of nitriles is 1. The Balaban J connectivity index is 2.74. The van der Waals surface area contributed by atoms with Crippen LogP contribution >= 0.6 is 0 Å². The van der Waals surface area contributed by atoms with Crippen LogP contribution in [0, 0.1) is 11.3 Å². The van der Waals surface area contributed by atoms with Crippen molar-refractivity contribution >= 4 is 9.84 Å². The largest absolute Gasteiger partial charge is 0.394 e. The molecule has 5 nitrogen and oxygen atoms in total. The van der Waals surface area contributed by atoms with Crippen molar-refractivity contribution in [3.8, 4) is 6.07 Å². The van der Waals surface area contributed by atoms with E-state index >= 15 is 0 Å². The first-order valence-corrected chi connectivity index (χ1v) is 8.11. The zero-order chi connectivity index (χ0) is 15.2. The quantitative estimate of drug-likeness (QED) is 0.786. The minimum absolute atomic E-state index is 0.0481. The lowest BCUT2D eigenvalue weighted by molar-refractivity contribution is 0.172. The average Bonchev–Trinajstić information content (AvgIpc) is 2.47. The third-order valence-corrected chi connectivity index (χ3v) is 5.09. The predicted octanol–water partition coefficient (Wildman–Crippen LogP) is 1.08. The zero-order valence-corrected chi connectivity index (χ0v) is 12.6. The molecule has 1 unspecified atom stereocenters. The van der Waals surface area contributed by atoms with Crippen molar-refractivity contribution < 1.29 is 13.5 Å². The standard InChI is InChI=1S/C14H20N2O3S/c1-3-14(2,11-17)16-7-8-20(18,19)13-6-4-5-12(9-13)10-15/h4-6,9,16-17H,3,7-8,11H2,1-2H3. The van der Waals surface area contributed by atoms with Gasteiger partial charge in [-0.2, -0.15) is 5.26 Å². The van der Waals surface area contributed by atoms with Gasteiger partial charge in [-0.25, -0.2) is 8.42 Å². The van der Waals surface area contributed by atoms with Crippen molar-refractivity contribution in [3.05, 3.63) is 29.8 Å². The molecule has 6 heteroatoms. The summed E-state index contributed by atoms with van der Waals surface area (Å²) in [5.41, 5.74) is -0.142. The number of aliphatic hydroxyl groups excluding tert-OH is 1. The topological polar surface area (TPSA) is 90.2 Å². The lowest BCUT2D eigenvalue weighted by Gasteiger charge is -2.27. The highest BCUT2D eigenvalue weighted by Crippen LogP contribution is 2.13. The van der Waals surface area contributed by atoms with Crippen molar-refractivity contribution in [3.63, 3.8) is 0 Å². The molecule has 0 aliphatic carbocycles. The summed E-state index contributed by atoms with van der Waals surface area (Å²) in [6.07, 6.45) is 0.702. The molecule has 1 aromatic rings. The van der Waals surface area contributed by atoms with Crippen molar-refractivity contribution in [1.82, 2.24) is 5.32 Å². The molecule has 2 N–H and O–H groups in total. The normalized spacial score (nSPS) is 14.5. The summed E-state index contributed by atoms with van der Waals surface area (Å²) in [6, 6.07) is 7.91. The molecule has 1 atom stereocenters. The molecule has 1 rings (SSSR count). The van der Waals surface area contributed by atoms with Crippen molar-refractivity contribution in [2.75, 3.05) is 18.9 Å². The highest BCUT2D eigenvalue weighted by Gasteiger charge is 2.21. The summed E-state index contributed by atoms with van der Waals surface area (Å²) in [6.45, 7) is 3.97. The van der Waals surface area contributed by atoms with E-state index in [1.807, 2.05) is 19.9 Å². The molecule has 0 fully saturated rings. The molecule has 110 valence electrons. The maximum atomic E-state index is 12.2. The van der Waals surface area contributed by atoms with Crippen LogP contribution in [0.1, 0.15) is 25.8 Å². The SMILES string of the molecule is CCC(C)(CO)NCCS(=O)(=O)c1cccc(C#N)c1. The molecular weight excluding hydrogens is 276 g/mol. The lowest BCUT2D eigenvalue weighted by Crippen LogP contribution is -2.46. The van der Waals surface area contributed by atoms with Crippen LogP contribution in [0.2, 0.25) is 0 Å². The molecule has 0 amide bonds. The third-order valence-electron chi connectivity index (χ3n) is 3.37. The molecule has 0 bridgehead atoms. The van der Waals surface area contributed by atoms with Crippen LogP contribution in [0.3, 0.4) is 0 Å². The zero-order valence-electron chi connectivity index (χ0n) is 11.8. The fourth-order valence-corrected chi connectivity index (χ4v) is 2.86. The smallest absolute Gasteiger partial charge is 0.179 e. The summed E-state index contributed by atoms with van der Waals surface area (Å²) in [4.78, 5) is 0.153. The van der Waals surface area contributed by atoms with Crippen LogP contribution in [0.5, 0.6) is 0 Å². The third kappa shape index (κ3) is 4.30. The van der Waals surface area contributed by atoms with E-state index in [1.165, 1.54) is 12.1 Å². The summed E-state index contributed by atoms with van der Waals surface area (Å²) in [5.74, 6) is -0.0720. The predicted molar refractivity (Wildman–Crippen MR) is 77.0 cm³/mol. The first kappa shape index (κ1) is 16.6. The molecule has 0 radical (unpaired) electrons. The Bertz CT molecular complexity index is 587. The van der Waals surface area contributed by atoms with Crippen LogP contribution < -0.4 is 5.32 Å². The fourth-order valence-electron chi connectivity index (χ4n) is 1.66. The highest BCUT2D eigenvalue weighted by molar-refractivity contribution is 7.91. The molecular formula is C14H20N2O3S. The lowest BCUT2D eigenvalue weighted by atomic mass is 10.0. The van der Waals surface area contributed by atoms with Gasteiger partial charge >= 0.3 is 0 Å². The molecule has 0 saturated carbocycles. The Morgan fingerprint density at radius 2 is 2.15 bits per heavy atom. The maximum Gasteiger partial charge on any atom is 0.179 e. The van der Waals surface area contributed by atoms with Crippen LogP contribution in [-0.2, 0) is 9.84 Å². The van der Waals surface area contributed by atoms with Gasteiger partial charge in [0, 0.05) is 12.1 Å². The van der Waals surface area contributed by atoms with Crippen LogP contribution in [-0.4, -0.2) is 38.0 Å². The van der Waals surface area contributed by atoms with E-state index in [0.29, 0.717) is 12.0 Å². The van der Waals surface area contributed by atoms with E-state index in [4.69, 9.17) is 5.26 Å². The minimum atomic E-state index is -3.43. The molecule has 0 saturated heterocycles. The van der Waals surface area contributed by atoms with Crippen molar-refractivity contribution in [1.29, 1.82) is 5.26 Å². The van der Waals surface area contributed by atoms with Gasteiger partial charge in [-0.15, -0.1) is 0 Å². The van der Waals surface area contributed by atoms with E-state index in [1.54, 1.807) is 12.1 Å². The number of hydrogen-bond acceptors (Lipinski definition) is 5. The van der Waals surface area contributed by atoms with E-state index in [2.05, 4.69) is 5.32 Å². The number of hydrogen-bond donors (Lipinski definition) is 2. The fraction of sp³-hybridized carbons (Fsp3) is 0.500. The van der Waals surface area contributed by atoms with Crippen LogP contribution in [0.4, 0.5) is 0 Å². The second-order valence-corrected chi connectivity index (χ2v) is 7.07. The monoisotopic (exact) mass is 296 g/mol. The number of benzene rings is 1. The van der Waals surface area contributed by atoms with Gasteiger partial charge in [-0.05, 0) is 31.5 Å². The van der Waals surface area contributed by atoms with Crippen LogP contribution in [0.15, 0.2) is 29.2 Å². The summed E-state index contributed by atoms with van der Waals surface area (Å²) in [7, 11) is -3.43. The highest BCUT2D eigenvalue weighted by atomic mass is 32.2. The number of nitrogens with zero attached hydrogens (tertiary/aromatic N) is 1. The molecule has 0 heterocycles.